The summed E-state index contributed by atoms with van der Waals surface area (Å²) in [6.07, 6.45) is 42.8. The van der Waals surface area contributed by atoms with Gasteiger partial charge in [-0.3, -0.25) is 9.98 Å². The van der Waals surface area contributed by atoms with Gasteiger partial charge in [-0.15, -0.1) is 0 Å². The molecule has 0 N–H and O–H groups in total. The zero-order chi connectivity index (χ0) is 37.7. The van der Waals surface area contributed by atoms with E-state index in [0.29, 0.717) is 19.8 Å². The van der Waals surface area contributed by atoms with Crippen LogP contribution in [0.25, 0.3) is 0 Å². The number of aliphatic imine (C=N–C) groups is 1. The SMILES string of the molecule is CCCCCCCCCCCCOc1cc(N=Cc2ccccn2)cc(OCCCCCCCCCCCC)c1OCCCCCCCCCCCC. The molecule has 0 atom stereocenters. The van der Waals surface area contributed by atoms with Gasteiger partial charge in [0.05, 0.1) is 37.4 Å². The molecule has 1 aromatic carbocycles. The van der Waals surface area contributed by atoms with E-state index in [1.807, 2.05) is 36.5 Å². The molecule has 5 heteroatoms. The Bertz CT molecular complexity index is 1060. The lowest BCUT2D eigenvalue weighted by atomic mass is 10.1. The molecule has 0 saturated heterocycles. The molecule has 53 heavy (non-hydrogen) atoms. The van der Waals surface area contributed by atoms with E-state index >= 15 is 0 Å². The lowest BCUT2D eigenvalue weighted by molar-refractivity contribution is 0.234. The third kappa shape index (κ3) is 26.0. The van der Waals surface area contributed by atoms with Crippen LogP contribution in [0.3, 0.4) is 0 Å². The van der Waals surface area contributed by atoms with Crippen molar-refractivity contribution in [2.45, 2.75) is 213 Å². The lowest BCUT2D eigenvalue weighted by Crippen LogP contribution is -2.06. The van der Waals surface area contributed by atoms with Gasteiger partial charge in [0.25, 0.3) is 0 Å². The largest absolute Gasteiger partial charge is 0.489 e. The summed E-state index contributed by atoms with van der Waals surface area (Å²) in [6.45, 7) is 8.89. The Morgan fingerprint density at radius 2 is 0.811 bits per heavy atom. The van der Waals surface area contributed by atoms with Gasteiger partial charge < -0.3 is 14.2 Å². The minimum absolute atomic E-state index is 0.677. The molecule has 0 unspecified atom stereocenters. The second-order valence-corrected chi connectivity index (χ2v) is 15.4. The Morgan fingerprint density at radius 1 is 0.453 bits per heavy atom. The van der Waals surface area contributed by atoms with Crippen LogP contribution in [0.4, 0.5) is 5.69 Å². The first kappa shape index (κ1) is 46.6. The summed E-state index contributed by atoms with van der Waals surface area (Å²) < 4.78 is 19.6. The highest BCUT2D eigenvalue weighted by Crippen LogP contribution is 2.42. The third-order valence-electron chi connectivity index (χ3n) is 10.3. The molecule has 0 aliphatic carbocycles. The van der Waals surface area contributed by atoms with Crippen molar-refractivity contribution in [1.82, 2.24) is 4.98 Å². The van der Waals surface area contributed by atoms with Gasteiger partial charge in [0, 0.05) is 18.3 Å². The molecule has 2 aromatic rings. The normalized spacial score (nSPS) is 11.5. The molecule has 2 rings (SSSR count). The average Bonchev–Trinajstić information content (AvgIpc) is 3.18. The molecule has 0 radical (unpaired) electrons. The first-order chi connectivity index (χ1) is 26.3. The van der Waals surface area contributed by atoms with Crippen LogP contribution >= 0.6 is 0 Å². The van der Waals surface area contributed by atoms with Crippen LogP contribution in [0.1, 0.15) is 219 Å². The van der Waals surface area contributed by atoms with E-state index in [9.17, 15) is 0 Å². The molecular weight excluding hydrogens is 653 g/mol. The molecule has 1 heterocycles. The number of rotatable bonds is 38. The Kier molecular flexibility index (Phi) is 30.9. The molecule has 1 aromatic heterocycles. The minimum atomic E-state index is 0.677. The summed E-state index contributed by atoms with van der Waals surface area (Å²) in [6, 6.07) is 9.94. The predicted octanol–water partition coefficient (Wildman–Crippen LogP) is 15.7. The quantitative estimate of drug-likeness (QED) is 0.0509. The van der Waals surface area contributed by atoms with E-state index in [1.165, 1.54) is 173 Å². The molecule has 0 spiro atoms. The van der Waals surface area contributed by atoms with Crippen LogP contribution in [0, 0.1) is 0 Å². The highest BCUT2D eigenvalue weighted by Gasteiger charge is 2.16. The van der Waals surface area contributed by atoms with Gasteiger partial charge in [-0.25, -0.2) is 0 Å². The van der Waals surface area contributed by atoms with Gasteiger partial charge in [0.15, 0.2) is 11.5 Å². The van der Waals surface area contributed by atoms with E-state index in [2.05, 4.69) is 25.8 Å². The summed E-state index contributed by atoms with van der Waals surface area (Å²) >= 11 is 0. The van der Waals surface area contributed by atoms with Crippen LogP contribution in [0.15, 0.2) is 41.5 Å². The molecule has 0 aliphatic rings. The number of benzene rings is 1. The molecule has 0 amide bonds. The van der Waals surface area contributed by atoms with Crippen LogP contribution in [0.2, 0.25) is 0 Å². The number of nitrogens with zero attached hydrogens (tertiary/aromatic N) is 2. The summed E-state index contributed by atoms with van der Waals surface area (Å²) in [5.41, 5.74) is 1.63. The van der Waals surface area contributed by atoms with Crippen molar-refractivity contribution in [3.05, 3.63) is 42.2 Å². The van der Waals surface area contributed by atoms with E-state index in [1.54, 1.807) is 6.20 Å². The summed E-state index contributed by atoms with van der Waals surface area (Å²) in [5, 5.41) is 0. The molecule has 5 nitrogen and oxygen atoms in total. The summed E-state index contributed by atoms with van der Waals surface area (Å²) in [5.74, 6) is 2.25. The molecule has 302 valence electrons. The number of hydrogen-bond acceptors (Lipinski definition) is 5. The number of aromatic nitrogens is 1. The van der Waals surface area contributed by atoms with Gasteiger partial charge >= 0.3 is 0 Å². The smallest absolute Gasteiger partial charge is 0.203 e. The van der Waals surface area contributed by atoms with Gasteiger partial charge in [0.1, 0.15) is 0 Å². The molecule has 0 bridgehead atoms. The monoisotopic (exact) mass is 735 g/mol. The predicted molar refractivity (Wildman–Crippen MR) is 230 cm³/mol. The highest BCUT2D eigenvalue weighted by atomic mass is 16.5. The molecule has 0 fully saturated rings. The fourth-order valence-electron chi connectivity index (χ4n) is 6.89. The van der Waals surface area contributed by atoms with Crippen molar-refractivity contribution < 1.29 is 14.2 Å². The topological polar surface area (TPSA) is 52.9 Å². The first-order valence-electron chi connectivity index (χ1n) is 22.8. The Hall–Kier alpha value is -2.56. The van der Waals surface area contributed by atoms with Gasteiger partial charge in [-0.2, -0.15) is 0 Å². The molecule has 0 saturated carbocycles. The van der Waals surface area contributed by atoms with Crippen LogP contribution in [0.5, 0.6) is 17.2 Å². The summed E-state index contributed by atoms with van der Waals surface area (Å²) in [4.78, 5) is 9.24. The Labute approximate surface area is 327 Å². The number of ether oxygens (including phenoxy) is 3. The van der Waals surface area contributed by atoms with Crippen molar-refractivity contribution in [3.8, 4) is 17.2 Å². The maximum Gasteiger partial charge on any atom is 0.203 e. The summed E-state index contributed by atoms with van der Waals surface area (Å²) in [7, 11) is 0. The molecular formula is C48H82N2O3. The van der Waals surface area contributed by atoms with Gasteiger partial charge in [-0.1, -0.05) is 200 Å². The maximum absolute atomic E-state index is 6.54. The zero-order valence-corrected chi connectivity index (χ0v) is 35.0. The zero-order valence-electron chi connectivity index (χ0n) is 35.0. The van der Waals surface area contributed by atoms with Crippen molar-refractivity contribution in [2.75, 3.05) is 19.8 Å². The van der Waals surface area contributed by atoms with Crippen molar-refractivity contribution in [2.24, 2.45) is 4.99 Å². The maximum atomic E-state index is 6.54. The van der Waals surface area contributed by atoms with Gasteiger partial charge in [-0.05, 0) is 31.4 Å². The minimum Gasteiger partial charge on any atom is -0.489 e. The van der Waals surface area contributed by atoms with E-state index in [0.717, 1.165) is 47.9 Å². The second kappa shape index (κ2) is 35.2. The number of hydrogen-bond donors (Lipinski definition) is 0. The fraction of sp³-hybridized carbons (Fsp3) is 0.750. The number of unbranched alkanes of at least 4 members (excludes halogenated alkanes) is 27. The Balaban J connectivity index is 1.99. The van der Waals surface area contributed by atoms with E-state index in [-0.39, 0.29) is 0 Å². The third-order valence-corrected chi connectivity index (χ3v) is 10.3. The standard InChI is InChI=1S/C48H82N2O3/c1-4-7-10-13-16-19-22-25-28-33-38-51-46-41-45(50-43-44-36-31-32-37-49-44)42-47(52-39-34-29-26-23-20-17-14-11-8-5-2)48(46)53-40-35-30-27-24-21-18-15-12-9-6-3/h31-32,36-37,41-43H,4-30,33-35,38-40H2,1-3H3. The lowest BCUT2D eigenvalue weighted by Gasteiger charge is -2.18. The highest BCUT2D eigenvalue weighted by molar-refractivity contribution is 5.80. The molecule has 0 aliphatic heterocycles. The van der Waals surface area contributed by atoms with Crippen LogP contribution < -0.4 is 14.2 Å². The van der Waals surface area contributed by atoms with Crippen molar-refractivity contribution in [1.29, 1.82) is 0 Å². The van der Waals surface area contributed by atoms with Gasteiger partial charge in [0.2, 0.25) is 5.75 Å². The van der Waals surface area contributed by atoms with Crippen LogP contribution in [-0.2, 0) is 0 Å². The first-order valence-corrected chi connectivity index (χ1v) is 22.8. The van der Waals surface area contributed by atoms with E-state index < -0.39 is 0 Å². The average molecular weight is 735 g/mol. The number of pyridine rings is 1. The fourth-order valence-corrected chi connectivity index (χ4v) is 6.89. The second-order valence-electron chi connectivity index (χ2n) is 15.4. The van der Waals surface area contributed by atoms with E-state index in [4.69, 9.17) is 19.2 Å². The van der Waals surface area contributed by atoms with Crippen LogP contribution in [-0.4, -0.2) is 31.0 Å². The van der Waals surface area contributed by atoms with Crippen molar-refractivity contribution >= 4 is 11.9 Å². The van der Waals surface area contributed by atoms with Crippen molar-refractivity contribution in [3.63, 3.8) is 0 Å². The Morgan fingerprint density at radius 3 is 1.17 bits per heavy atom.